The number of hydrogen-bond donors (Lipinski definition) is 1. The lowest BCUT2D eigenvalue weighted by atomic mass is 9.95. The fraction of sp³-hybridized carbons (Fsp3) is 0.211. The van der Waals surface area contributed by atoms with E-state index in [4.69, 9.17) is 5.10 Å². The molecule has 0 saturated carbocycles. The topological polar surface area (TPSA) is 59.4 Å². The molecule has 0 bridgehead atoms. The molecule has 1 aliphatic heterocycles. The van der Waals surface area contributed by atoms with Crippen molar-refractivity contribution in [2.75, 3.05) is 0 Å². The molecule has 0 atom stereocenters. The minimum atomic E-state index is -0.414. The van der Waals surface area contributed by atoms with E-state index in [0.29, 0.717) is 28.0 Å². The van der Waals surface area contributed by atoms with E-state index in [9.17, 15) is 8.78 Å². The standard InChI is InChI=1S/C19H15F2N5/c20-11-4-5-14(23-9-11)18-17(15-3-1-2-8-26(15)25-18)16-12-6-7-22-19(12)24-10-13(16)21/h4-7,9-10H,1-3,8H2,(H,22,24). The molecule has 7 heteroatoms. The first kappa shape index (κ1) is 15.2. The van der Waals surface area contributed by atoms with Gasteiger partial charge in [-0.25, -0.2) is 13.8 Å². The SMILES string of the molecule is Fc1ccc(-c2nn3c(c2-c2c(F)cnc4[nH]ccc24)CCCC3)nc1. The fourth-order valence-electron chi connectivity index (χ4n) is 3.69. The van der Waals surface area contributed by atoms with Crippen LogP contribution in [0.3, 0.4) is 0 Å². The van der Waals surface area contributed by atoms with Gasteiger partial charge in [-0.15, -0.1) is 0 Å². The minimum absolute atomic E-state index is 0.401. The highest BCUT2D eigenvalue weighted by atomic mass is 19.1. The molecule has 0 amide bonds. The predicted octanol–water partition coefficient (Wildman–Crippen LogP) is 4.10. The molecule has 0 spiro atoms. The lowest BCUT2D eigenvalue weighted by Gasteiger charge is -2.15. The number of fused-ring (bicyclic) bond motifs is 2. The monoisotopic (exact) mass is 351 g/mol. The summed E-state index contributed by atoms with van der Waals surface area (Å²) in [6, 6.07) is 4.75. The van der Waals surface area contributed by atoms with E-state index in [-0.39, 0.29) is 0 Å². The lowest BCUT2D eigenvalue weighted by molar-refractivity contribution is 0.487. The Hall–Kier alpha value is -3.09. The van der Waals surface area contributed by atoms with Gasteiger partial charge in [0.25, 0.3) is 0 Å². The number of hydrogen-bond acceptors (Lipinski definition) is 3. The molecule has 5 heterocycles. The van der Waals surface area contributed by atoms with E-state index in [1.165, 1.54) is 12.3 Å². The number of H-pyrrole nitrogens is 1. The Bertz CT molecular complexity index is 1110. The van der Waals surface area contributed by atoms with Crippen molar-refractivity contribution in [2.45, 2.75) is 25.8 Å². The number of aromatic nitrogens is 5. The summed E-state index contributed by atoms with van der Waals surface area (Å²) in [4.78, 5) is 11.3. The third-order valence-electron chi connectivity index (χ3n) is 4.85. The highest BCUT2D eigenvalue weighted by Crippen LogP contribution is 2.40. The van der Waals surface area contributed by atoms with Gasteiger partial charge in [-0.3, -0.25) is 9.67 Å². The van der Waals surface area contributed by atoms with Crippen LogP contribution in [0, 0.1) is 11.6 Å². The molecule has 1 N–H and O–H groups in total. The van der Waals surface area contributed by atoms with Crippen molar-refractivity contribution in [2.24, 2.45) is 0 Å². The molecule has 26 heavy (non-hydrogen) atoms. The third kappa shape index (κ3) is 2.23. The molecule has 0 saturated heterocycles. The molecule has 4 aromatic rings. The van der Waals surface area contributed by atoms with Gasteiger partial charge in [0.2, 0.25) is 0 Å². The number of rotatable bonds is 2. The van der Waals surface area contributed by atoms with Gasteiger partial charge in [-0.05, 0) is 37.5 Å². The van der Waals surface area contributed by atoms with Crippen molar-refractivity contribution in [3.8, 4) is 22.5 Å². The highest BCUT2D eigenvalue weighted by Gasteiger charge is 2.27. The zero-order chi connectivity index (χ0) is 17.7. The van der Waals surface area contributed by atoms with E-state index in [0.717, 1.165) is 43.3 Å². The van der Waals surface area contributed by atoms with Crippen LogP contribution in [-0.4, -0.2) is 24.7 Å². The second-order valence-electron chi connectivity index (χ2n) is 6.43. The molecule has 4 aromatic heterocycles. The van der Waals surface area contributed by atoms with E-state index < -0.39 is 11.6 Å². The molecule has 130 valence electrons. The van der Waals surface area contributed by atoms with E-state index in [1.54, 1.807) is 12.3 Å². The molecule has 5 rings (SSSR count). The number of aryl methyl sites for hydroxylation is 1. The number of halogens is 2. The molecule has 0 fully saturated rings. The van der Waals surface area contributed by atoms with Gasteiger partial charge in [0.1, 0.15) is 23.0 Å². The molecule has 5 nitrogen and oxygen atoms in total. The molecule has 1 aliphatic rings. The average Bonchev–Trinajstić information content (AvgIpc) is 3.27. The Morgan fingerprint density at radius 2 is 1.92 bits per heavy atom. The number of nitrogens with zero attached hydrogens (tertiary/aromatic N) is 4. The van der Waals surface area contributed by atoms with Crippen molar-refractivity contribution in [3.63, 3.8) is 0 Å². The minimum Gasteiger partial charge on any atom is -0.346 e. The van der Waals surface area contributed by atoms with E-state index >= 15 is 0 Å². The summed E-state index contributed by atoms with van der Waals surface area (Å²) in [5.41, 5.74) is 3.92. The van der Waals surface area contributed by atoms with Gasteiger partial charge >= 0.3 is 0 Å². The van der Waals surface area contributed by atoms with Crippen LogP contribution in [-0.2, 0) is 13.0 Å². The summed E-state index contributed by atoms with van der Waals surface area (Å²) in [6.07, 6.45) is 7.00. The largest absolute Gasteiger partial charge is 0.346 e. The van der Waals surface area contributed by atoms with Crippen molar-refractivity contribution in [1.82, 2.24) is 24.7 Å². The van der Waals surface area contributed by atoms with Crippen LogP contribution in [0.5, 0.6) is 0 Å². The van der Waals surface area contributed by atoms with Crippen molar-refractivity contribution < 1.29 is 8.78 Å². The van der Waals surface area contributed by atoms with Gasteiger partial charge in [0.15, 0.2) is 0 Å². The summed E-state index contributed by atoms with van der Waals surface area (Å²) < 4.78 is 30.1. The van der Waals surface area contributed by atoms with Gasteiger partial charge in [0, 0.05) is 34.9 Å². The molecular weight excluding hydrogens is 336 g/mol. The summed E-state index contributed by atoms with van der Waals surface area (Å²) in [6.45, 7) is 0.784. The summed E-state index contributed by atoms with van der Waals surface area (Å²) in [7, 11) is 0. The Labute approximate surface area is 147 Å². The van der Waals surface area contributed by atoms with Gasteiger partial charge in [0.05, 0.1) is 18.1 Å². The molecule has 0 aromatic carbocycles. The van der Waals surface area contributed by atoms with E-state index in [1.807, 2.05) is 10.7 Å². The van der Waals surface area contributed by atoms with Crippen LogP contribution in [0.2, 0.25) is 0 Å². The lowest BCUT2D eigenvalue weighted by Crippen LogP contribution is -2.11. The Balaban J connectivity index is 1.85. The molecule has 0 aliphatic carbocycles. The summed E-state index contributed by atoms with van der Waals surface area (Å²) >= 11 is 0. The second kappa shape index (κ2) is 5.72. The van der Waals surface area contributed by atoms with Crippen LogP contribution < -0.4 is 0 Å². The maximum absolute atomic E-state index is 14.9. The first-order chi connectivity index (χ1) is 12.7. The Kier molecular flexibility index (Phi) is 3.34. The zero-order valence-electron chi connectivity index (χ0n) is 13.8. The number of aromatic amines is 1. The Morgan fingerprint density at radius 3 is 2.77 bits per heavy atom. The normalized spacial score (nSPS) is 13.9. The van der Waals surface area contributed by atoms with Crippen LogP contribution >= 0.6 is 0 Å². The maximum Gasteiger partial charge on any atom is 0.150 e. The molecule has 0 radical (unpaired) electrons. The Morgan fingerprint density at radius 1 is 1.00 bits per heavy atom. The van der Waals surface area contributed by atoms with Crippen LogP contribution in [0.15, 0.2) is 36.8 Å². The van der Waals surface area contributed by atoms with Crippen LogP contribution in [0.25, 0.3) is 33.5 Å². The van der Waals surface area contributed by atoms with Gasteiger partial charge < -0.3 is 4.98 Å². The first-order valence-corrected chi connectivity index (χ1v) is 8.56. The number of nitrogens with one attached hydrogen (secondary N) is 1. The van der Waals surface area contributed by atoms with Crippen molar-refractivity contribution in [3.05, 3.63) is 54.1 Å². The first-order valence-electron chi connectivity index (χ1n) is 8.56. The second-order valence-corrected chi connectivity index (χ2v) is 6.43. The highest BCUT2D eigenvalue weighted by molar-refractivity contribution is 5.98. The zero-order valence-corrected chi connectivity index (χ0v) is 13.8. The number of pyridine rings is 2. The third-order valence-corrected chi connectivity index (χ3v) is 4.85. The fourth-order valence-corrected chi connectivity index (χ4v) is 3.69. The smallest absolute Gasteiger partial charge is 0.150 e. The van der Waals surface area contributed by atoms with Gasteiger partial charge in [-0.1, -0.05) is 0 Å². The van der Waals surface area contributed by atoms with Crippen LogP contribution in [0.1, 0.15) is 18.5 Å². The van der Waals surface area contributed by atoms with Gasteiger partial charge in [-0.2, -0.15) is 5.10 Å². The predicted molar refractivity (Wildman–Crippen MR) is 93.4 cm³/mol. The average molecular weight is 351 g/mol. The summed E-state index contributed by atoms with van der Waals surface area (Å²) in [5.74, 6) is -0.816. The molecular formula is C19H15F2N5. The van der Waals surface area contributed by atoms with Crippen molar-refractivity contribution >= 4 is 11.0 Å². The summed E-state index contributed by atoms with van der Waals surface area (Å²) in [5, 5.41) is 5.40. The quantitative estimate of drug-likeness (QED) is 0.591. The van der Waals surface area contributed by atoms with Crippen LogP contribution in [0.4, 0.5) is 8.78 Å². The van der Waals surface area contributed by atoms with E-state index in [2.05, 4.69) is 15.0 Å². The molecule has 0 unspecified atom stereocenters. The maximum atomic E-state index is 14.9. The van der Waals surface area contributed by atoms with Crippen molar-refractivity contribution in [1.29, 1.82) is 0 Å².